The van der Waals surface area contributed by atoms with Crippen LogP contribution in [0, 0.1) is 0 Å². The minimum Gasteiger partial charge on any atom is -0.507 e. The molecule has 0 radical (unpaired) electrons. The molecule has 0 saturated carbocycles. The van der Waals surface area contributed by atoms with Crippen molar-refractivity contribution < 1.29 is 33.6 Å². The summed E-state index contributed by atoms with van der Waals surface area (Å²) >= 11 is 1.28. The molecule has 1 aromatic heterocycles. The van der Waals surface area contributed by atoms with Crippen LogP contribution in [0.5, 0.6) is 23.0 Å². The van der Waals surface area contributed by atoms with E-state index in [1.807, 2.05) is 52.0 Å². The zero-order valence-corrected chi connectivity index (χ0v) is 25.9. The van der Waals surface area contributed by atoms with E-state index in [1.165, 1.54) is 16.2 Å². The molecule has 0 bridgehead atoms. The number of carbonyl (C=O) groups excluding carboxylic acids is 2. The average molecular weight is 615 g/mol. The molecule has 1 fully saturated rings. The molecule has 3 heterocycles. The Morgan fingerprint density at radius 3 is 2.59 bits per heavy atom. The summed E-state index contributed by atoms with van der Waals surface area (Å²) in [5, 5.41) is 12.1. The summed E-state index contributed by atoms with van der Waals surface area (Å²) in [6, 6.07) is 15.2. The molecule has 0 spiro atoms. The van der Waals surface area contributed by atoms with Crippen molar-refractivity contribution in [1.29, 1.82) is 0 Å². The first-order chi connectivity index (χ1) is 21.3. The maximum Gasteiger partial charge on any atom is 0.301 e. The fraction of sp³-hybridized carbons (Fsp3) is 0.324. The molecule has 4 aromatic rings. The number of carbonyl (C=O) groups is 2. The van der Waals surface area contributed by atoms with Gasteiger partial charge in [-0.15, -0.1) is 0 Å². The smallest absolute Gasteiger partial charge is 0.301 e. The number of thiazole rings is 1. The second kappa shape index (κ2) is 12.2. The second-order valence-corrected chi connectivity index (χ2v) is 11.7. The summed E-state index contributed by atoms with van der Waals surface area (Å²) in [7, 11) is 0. The lowest BCUT2D eigenvalue weighted by Crippen LogP contribution is -2.29. The first-order valence-electron chi connectivity index (χ1n) is 14.9. The maximum absolute atomic E-state index is 13.8. The summed E-state index contributed by atoms with van der Waals surface area (Å²) in [5.74, 6) is 0.647. The Bertz CT molecular complexity index is 1780. The number of aliphatic hydroxyl groups is 1. The van der Waals surface area contributed by atoms with E-state index in [9.17, 15) is 14.7 Å². The number of Topliss-reactive ketones (excluding diaryl/α,β-unsaturated/α-hetero) is 1. The van der Waals surface area contributed by atoms with Gasteiger partial charge in [-0.25, -0.2) is 4.98 Å². The van der Waals surface area contributed by atoms with Crippen LogP contribution in [0.15, 0.2) is 60.2 Å². The highest BCUT2D eigenvalue weighted by Gasteiger charge is 2.48. The molecule has 2 atom stereocenters. The summed E-state index contributed by atoms with van der Waals surface area (Å²) in [5.41, 5.74) is 2.58. The van der Waals surface area contributed by atoms with Crippen LogP contribution in [0.3, 0.4) is 0 Å². The molecule has 0 aliphatic carbocycles. The van der Waals surface area contributed by atoms with E-state index in [-0.39, 0.29) is 17.4 Å². The van der Waals surface area contributed by atoms with Crippen molar-refractivity contribution in [2.75, 3.05) is 24.7 Å². The van der Waals surface area contributed by atoms with Gasteiger partial charge in [0.2, 0.25) is 0 Å². The Kier molecular flexibility index (Phi) is 8.18. The van der Waals surface area contributed by atoms with Crippen LogP contribution >= 0.6 is 11.3 Å². The third-order valence-electron chi connectivity index (χ3n) is 7.52. The number of ketones is 1. The van der Waals surface area contributed by atoms with Crippen molar-refractivity contribution >= 4 is 44.1 Å². The topological polar surface area (TPSA) is 107 Å². The number of nitrogens with zero attached hydrogens (tertiary/aromatic N) is 2. The van der Waals surface area contributed by atoms with Crippen LogP contribution in [-0.4, -0.2) is 47.7 Å². The lowest BCUT2D eigenvalue weighted by Gasteiger charge is -2.24. The molecule has 9 nitrogen and oxygen atoms in total. The van der Waals surface area contributed by atoms with E-state index in [0.717, 1.165) is 22.4 Å². The number of fused-ring (bicyclic) bond motifs is 2. The number of aromatic nitrogens is 1. The van der Waals surface area contributed by atoms with Gasteiger partial charge in [-0.1, -0.05) is 24.3 Å². The molecule has 1 N–H and O–H groups in total. The van der Waals surface area contributed by atoms with Gasteiger partial charge in [0.15, 0.2) is 16.6 Å². The number of hydrogen-bond acceptors (Lipinski definition) is 9. The van der Waals surface area contributed by atoms with Crippen molar-refractivity contribution in [3.8, 4) is 23.0 Å². The maximum atomic E-state index is 13.8. The van der Waals surface area contributed by atoms with E-state index in [0.29, 0.717) is 65.3 Å². The van der Waals surface area contributed by atoms with E-state index in [1.54, 1.807) is 30.3 Å². The van der Waals surface area contributed by atoms with Crippen LogP contribution < -0.4 is 23.8 Å². The number of rotatable bonds is 10. The third-order valence-corrected chi connectivity index (χ3v) is 8.54. The number of ether oxygens (including phenoxy) is 4. The average Bonchev–Trinajstić information content (AvgIpc) is 3.68. The quantitative estimate of drug-likeness (QED) is 0.118. The predicted octanol–water partition coefficient (Wildman–Crippen LogP) is 6.83. The SMILES string of the molecule is CCCOc1ccc(C2C(=C(O)c3ccc4c(c3)CC(C)O4)C(=O)C(=O)N2c2nc3ccc(OCC)cc3s2)cc1OCC. The van der Waals surface area contributed by atoms with Crippen molar-refractivity contribution in [3.63, 3.8) is 0 Å². The Morgan fingerprint density at radius 2 is 1.82 bits per heavy atom. The Labute approximate surface area is 259 Å². The monoisotopic (exact) mass is 614 g/mol. The molecular weight excluding hydrogens is 580 g/mol. The molecule has 1 saturated heterocycles. The molecule has 2 aliphatic rings. The zero-order chi connectivity index (χ0) is 31.0. The highest BCUT2D eigenvalue weighted by Crippen LogP contribution is 2.46. The number of amides is 1. The normalized spacial score (nSPS) is 18.9. The standard InChI is InChI=1S/C34H34N2O7S/c1-5-14-42-26-13-8-20(17-27(26)41-7-3)30-29(31(37)21-9-12-25-22(16-21)15-19(4)43-25)32(38)33(39)36(30)34-35-24-11-10-23(40-6-2)18-28(24)44-34/h8-13,16-19,30,37H,5-7,14-15H2,1-4H3. The molecular formula is C34H34N2O7S. The minimum absolute atomic E-state index is 0.0145. The van der Waals surface area contributed by atoms with Gasteiger partial charge < -0.3 is 24.1 Å². The van der Waals surface area contributed by atoms with E-state index in [2.05, 4.69) is 0 Å². The van der Waals surface area contributed by atoms with E-state index < -0.39 is 17.7 Å². The van der Waals surface area contributed by atoms with Gasteiger partial charge in [-0.3, -0.25) is 14.5 Å². The Balaban J connectivity index is 1.52. The van der Waals surface area contributed by atoms with Crippen molar-refractivity contribution in [2.45, 2.75) is 52.7 Å². The highest BCUT2D eigenvalue weighted by molar-refractivity contribution is 7.22. The Hall–Kier alpha value is -4.57. The lowest BCUT2D eigenvalue weighted by atomic mass is 9.94. The van der Waals surface area contributed by atoms with Gasteiger partial charge in [0, 0.05) is 12.0 Å². The first-order valence-corrected chi connectivity index (χ1v) is 15.7. The minimum atomic E-state index is -0.968. The number of hydrogen-bond donors (Lipinski definition) is 1. The van der Waals surface area contributed by atoms with Gasteiger partial charge in [0.1, 0.15) is 23.4 Å². The van der Waals surface area contributed by atoms with Crippen LogP contribution in [0.2, 0.25) is 0 Å². The van der Waals surface area contributed by atoms with Gasteiger partial charge in [-0.2, -0.15) is 0 Å². The van der Waals surface area contributed by atoms with Gasteiger partial charge in [-0.05, 0) is 86.8 Å². The largest absolute Gasteiger partial charge is 0.507 e. The molecule has 6 rings (SSSR count). The van der Waals surface area contributed by atoms with Gasteiger partial charge in [0.25, 0.3) is 5.78 Å². The second-order valence-electron chi connectivity index (χ2n) is 10.7. The first kappa shape index (κ1) is 29.5. The van der Waals surface area contributed by atoms with Crippen LogP contribution in [0.4, 0.5) is 5.13 Å². The van der Waals surface area contributed by atoms with Crippen LogP contribution in [0.1, 0.15) is 56.8 Å². The third kappa shape index (κ3) is 5.34. The van der Waals surface area contributed by atoms with Crippen molar-refractivity contribution in [1.82, 2.24) is 4.98 Å². The van der Waals surface area contributed by atoms with Gasteiger partial charge in [0.05, 0.1) is 41.7 Å². The highest BCUT2D eigenvalue weighted by atomic mass is 32.1. The van der Waals surface area contributed by atoms with Gasteiger partial charge >= 0.3 is 5.91 Å². The molecule has 2 unspecified atom stereocenters. The number of benzene rings is 3. The van der Waals surface area contributed by atoms with E-state index in [4.69, 9.17) is 23.9 Å². The van der Waals surface area contributed by atoms with Crippen LogP contribution in [-0.2, 0) is 16.0 Å². The molecule has 2 aliphatic heterocycles. The molecule has 10 heteroatoms. The summed E-state index contributed by atoms with van der Waals surface area (Å²) in [6.45, 7) is 9.19. The lowest BCUT2D eigenvalue weighted by molar-refractivity contribution is -0.132. The molecule has 3 aromatic carbocycles. The number of anilines is 1. The summed E-state index contributed by atoms with van der Waals surface area (Å²) in [6.07, 6.45) is 1.52. The Morgan fingerprint density at radius 1 is 1.00 bits per heavy atom. The fourth-order valence-electron chi connectivity index (χ4n) is 5.62. The molecule has 44 heavy (non-hydrogen) atoms. The fourth-order valence-corrected chi connectivity index (χ4v) is 6.64. The summed E-state index contributed by atoms with van der Waals surface area (Å²) in [4.78, 5) is 33.7. The summed E-state index contributed by atoms with van der Waals surface area (Å²) < 4.78 is 24.1. The number of aliphatic hydroxyl groups excluding tert-OH is 1. The predicted molar refractivity (Wildman–Crippen MR) is 169 cm³/mol. The molecule has 1 amide bonds. The molecule has 228 valence electrons. The van der Waals surface area contributed by atoms with E-state index >= 15 is 0 Å². The zero-order valence-electron chi connectivity index (χ0n) is 25.1. The van der Waals surface area contributed by atoms with Crippen LogP contribution in [0.25, 0.3) is 16.0 Å². The van der Waals surface area contributed by atoms with Crippen molar-refractivity contribution in [2.24, 2.45) is 0 Å². The van der Waals surface area contributed by atoms with Crippen molar-refractivity contribution in [3.05, 3.63) is 76.9 Å².